The second-order valence-electron chi connectivity index (χ2n) is 15.4. The summed E-state index contributed by atoms with van der Waals surface area (Å²) in [5, 5.41) is 2.56. The molecule has 0 amide bonds. The molecule has 55 heavy (non-hydrogen) atoms. The Hall–Kier alpha value is -6.96. The van der Waals surface area contributed by atoms with Crippen molar-refractivity contribution in [2.45, 2.75) is 10.8 Å². The molecule has 3 aliphatic carbocycles. The van der Waals surface area contributed by atoms with E-state index in [0.717, 1.165) is 11.5 Å². The number of hydrogen-bond acceptors (Lipinski definition) is 1. The third kappa shape index (κ3) is 3.38. The fourth-order valence-electron chi connectivity index (χ4n) is 11.3. The third-order valence-corrected chi connectivity index (χ3v) is 13.1. The predicted octanol–water partition coefficient (Wildman–Crippen LogP) is 13.3. The Balaban J connectivity index is 1.20. The van der Waals surface area contributed by atoms with Gasteiger partial charge >= 0.3 is 0 Å². The van der Waals surface area contributed by atoms with E-state index in [1.807, 2.05) is 0 Å². The SMILES string of the molecule is c1ccc2c(c1)Oc1cccc(-c3cccc4c3C3(c5ccccc5-4)c4ccccc4-c4c3ccc3ccccc43)c1C21c2ccccc2-c2ccccc21. The zero-order chi connectivity index (χ0) is 35.9. The van der Waals surface area contributed by atoms with E-state index in [9.17, 15) is 0 Å². The van der Waals surface area contributed by atoms with Crippen molar-refractivity contribution in [3.05, 3.63) is 239 Å². The zero-order valence-electron chi connectivity index (χ0n) is 29.9. The largest absolute Gasteiger partial charge is 0.457 e. The van der Waals surface area contributed by atoms with Gasteiger partial charge < -0.3 is 4.74 Å². The minimum absolute atomic E-state index is 0.521. The first-order valence-electron chi connectivity index (χ1n) is 19.3. The highest BCUT2D eigenvalue weighted by atomic mass is 16.5. The van der Waals surface area contributed by atoms with Gasteiger partial charge in [0, 0.05) is 11.1 Å². The van der Waals surface area contributed by atoms with Crippen molar-refractivity contribution in [3.8, 4) is 56.0 Å². The molecule has 9 aromatic carbocycles. The summed E-state index contributed by atoms with van der Waals surface area (Å²) in [4.78, 5) is 0. The van der Waals surface area contributed by atoms with Crippen molar-refractivity contribution in [1.29, 1.82) is 0 Å². The first kappa shape index (κ1) is 29.5. The maximum Gasteiger partial charge on any atom is 0.132 e. The van der Waals surface area contributed by atoms with Crippen molar-refractivity contribution in [3.63, 3.8) is 0 Å². The third-order valence-electron chi connectivity index (χ3n) is 13.1. The summed E-state index contributed by atoms with van der Waals surface area (Å²) in [6, 6.07) is 72.4. The molecule has 1 atom stereocenters. The monoisotopic (exact) mass is 696 g/mol. The van der Waals surface area contributed by atoms with Gasteiger partial charge in [0.2, 0.25) is 0 Å². The maximum absolute atomic E-state index is 7.02. The summed E-state index contributed by atoms with van der Waals surface area (Å²) < 4.78 is 7.02. The second kappa shape index (κ2) is 10.4. The van der Waals surface area contributed by atoms with E-state index in [2.05, 4.69) is 194 Å². The minimum Gasteiger partial charge on any atom is -0.457 e. The van der Waals surface area contributed by atoms with Crippen LogP contribution >= 0.6 is 0 Å². The molecule has 0 saturated carbocycles. The lowest BCUT2D eigenvalue weighted by atomic mass is 9.63. The maximum atomic E-state index is 7.02. The van der Waals surface area contributed by atoms with Crippen LogP contribution in [0.25, 0.3) is 55.3 Å². The Morgan fingerprint density at radius 2 is 0.709 bits per heavy atom. The number of benzene rings is 9. The molecule has 1 heteroatoms. The van der Waals surface area contributed by atoms with Gasteiger partial charge in [-0.15, -0.1) is 0 Å². The lowest BCUT2D eigenvalue weighted by molar-refractivity contribution is 0.437. The number of para-hydroxylation sites is 1. The van der Waals surface area contributed by atoms with Gasteiger partial charge in [-0.25, -0.2) is 0 Å². The van der Waals surface area contributed by atoms with E-state index in [1.165, 1.54) is 99.8 Å². The predicted molar refractivity (Wildman–Crippen MR) is 223 cm³/mol. The first-order chi connectivity index (χ1) is 27.3. The van der Waals surface area contributed by atoms with Crippen molar-refractivity contribution in [2.24, 2.45) is 0 Å². The average molecular weight is 697 g/mol. The molecule has 0 saturated heterocycles. The van der Waals surface area contributed by atoms with E-state index in [0.29, 0.717) is 0 Å². The molecule has 0 bridgehead atoms. The van der Waals surface area contributed by atoms with Crippen LogP contribution < -0.4 is 4.74 Å². The van der Waals surface area contributed by atoms with Crippen molar-refractivity contribution in [2.75, 3.05) is 0 Å². The van der Waals surface area contributed by atoms with Gasteiger partial charge in [-0.1, -0.05) is 182 Å². The fraction of sp³-hybridized carbons (Fsp3) is 0.0370. The Kier molecular flexibility index (Phi) is 5.56. The smallest absolute Gasteiger partial charge is 0.132 e. The summed E-state index contributed by atoms with van der Waals surface area (Å²) in [7, 11) is 0. The molecule has 254 valence electrons. The highest BCUT2D eigenvalue weighted by Crippen LogP contribution is 2.68. The highest BCUT2D eigenvalue weighted by Gasteiger charge is 2.55. The molecule has 13 rings (SSSR count). The van der Waals surface area contributed by atoms with Crippen LogP contribution in [0.4, 0.5) is 0 Å². The number of hydrogen-bond donors (Lipinski definition) is 0. The normalized spacial score (nSPS) is 16.7. The lowest BCUT2D eigenvalue weighted by Gasteiger charge is -2.41. The van der Waals surface area contributed by atoms with E-state index in [4.69, 9.17) is 4.74 Å². The van der Waals surface area contributed by atoms with Crippen LogP contribution in [-0.4, -0.2) is 0 Å². The molecule has 1 nitrogen and oxygen atoms in total. The summed E-state index contributed by atoms with van der Waals surface area (Å²) >= 11 is 0. The van der Waals surface area contributed by atoms with Crippen LogP contribution in [0.15, 0.2) is 194 Å². The van der Waals surface area contributed by atoms with Crippen LogP contribution in [0.3, 0.4) is 0 Å². The topological polar surface area (TPSA) is 9.23 Å². The number of rotatable bonds is 1. The summed E-state index contributed by atoms with van der Waals surface area (Å²) in [5.74, 6) is 1.81. The summed E-state index contributed by atoms with van der Waals surface area (Å²) in [6.45, 7) is 0. The molecular weight excluding hydrogens is 665 g/mol. The Bertz CT molecular complexity index is 3100. The van der Waals surface area contributed by atoms with Gasteiger partial charge in [0.25, 0.3) is 0 Å². The standard InChI is InChI=1S/C54H32O/c1-2-16-34-33(15-1)31-32-47-50(34)41-20-6-10-27-45(41)54(47)44-26-9-5-19-37(44)38-21-13-22-39(51(38)54)40-23-14-30-49-52(40)53(46-28-11-12-29-48(46)55-49)42-24-7-3-17-35(42)36-18-4-8-25-43(36)53/h1-32H. The van der Waals surface area contributed by atoms with Crippen molar-refractivity contribution in [1.82, 2.24) is 0 Å². The van der Waals surface area contributed by atoms with E-state index >= 15 is 0 Å². The van der Waals surface area contributed by atoms with Gasteiger partial charge in [-0.2, -0.15) is 0 Å². The molecule has 1 heterocycles. The second-order valence-corrected chi connectivity index (χ2v) is 15.4. The van der Waals surface area contributed by atoms with Crippen LogP contribution in [0.5, 0.6) is 11.5 Å². The summed E-state index contributed by atoms with van der Waals surface area (Å²) in [5.41, 5.74) is 19.5. The van der Waals surface area contributed by atoms with E-state index in [-0.39, 0.29) is 0 Å². The molecule has 0 aromatic heterocycles. The van der Waals surface area contributed by atoms with Gasteiger partial charge in [0.05, 0.1) is 10.8 Å². The summed E-state index contributed by atoms with van der Waals surface area (Å²) in [6.07, 6.45) is 0. The molecule has 4 aliphatic rings. The Morgan fingerprint density at radius 1 is 0.273 bits per heavy atom. The molecule has 0 N–H and O–H groups in total. The number of fused-ring (bicyclic) bond motifs is 21. The van der Waals surface area contributed by atoms with Gasteiger partial charge in [-0.3, -0.25) is 0 Å². The van der Waals surface area contributed by atoms with E-state index in [1.54, 1.807) is 0 Å². The highest BCUT2D eigenvalue weighted by molar-refractivity contribution is 6.07. The van der Waals surface area contributed by atoms with Crippen molar-refractivity contribution < 1.29 is 4.74 Å². The Morgan fingerprint density at radius 3 is 1.40 bits per heavy atom. The molecule has 1 unspecified atom stereocenters. The van der Waals surface area contributed by atoms with Crippen molar-refractivity contribution >= 4 is 10.8 Å². The molecule has 0 fully saturated rings. The molecule has 2 spiro atoms. The van der Waals surface area contributed by atoms with Crippen LogP contribution in [0.2, 0.25) is 0 Å². The number of ether oxygens (including phenoxy) is 1. The zero-order valence-corrected chi connectivity index (χ0v) is 29.9. The van der Waals surface area contributed by atoms with E-state index < -0.39 is 10.8 Å². The Labute approximate surface area is 319 Å². The quantitative estimate of drug-likeness (QED) is 0.166. The van der Waals surface area contributed by atoms with Crippen LogP contribution in [0, 0.1) is 0 Å². The minimum atomic E-state index is -0.586. The molecule has 9 aromatic rings. The lowest BCUT2D eigenvalue weighted by Crippen LogP contribution is -2.33. The molecule has 0 radical (unpaired) electrons. The van der Waals surface area contributed by atoms with Gasteiger partial charge in [-0.05, 0) is 101 Å². The molecule has 1 aliphatic heterocycles. The van der Waals surface area contributed by atoms with Crippen LogP contribution in [0.1, 0.15) is 44.5 Å². The average Bonchev–Trinajstić information content (AvgIpc) is 3.84. The van der Waals surface area contributed by atoms with Gasteiger partial charge in [0.1, 0.15) is 11.5 Å². The van der Waals surface area contributed by atoms with Gasteiger partial charge in [0.15, 0.2) is 0 Å². The van der Waals surface area contributed by atoms with Crippen LogP contribution in [-0.2, 0) is 10.8 Å². The molecular formula is C54H32O. The first-order valence-corrected chi connectivity index (χ1v) is 19.3. The fourth-order valence-corrected chi connectivity index (χ4v) is 11.3.